The van der Waals surface area contributed by atoms with Crippen LogP contribution in [0.3, 0.4) is 0 Å². The summed E-state index contributed by atoms with van der Waals surface area (Å²) in [4.78, 5) is 36.6. The lowest BCUT2D eigenvalue weighted by Crippen LogP contribution is -2.64. The van der Waals surface area contributed by atoms with Gasteiger partial charge in [0.1, 0.15) is 5.41 Å². The van der Waals surface area contributed by atoms with Crippen molar-refractivity contribution in [1.82, 2.24) is 10.2 Å². The molecule has 1 N–H and O–H groups in total. The molecule has 2 rings (SSSR count). The fourth-order valence-electron chi connectivity index (χ4n) is 2.29. The van der Waals surface area contributed by atoms with E-state index in [1.165, 1.54) is 13.8 Å². The Balaban J connectivity index is 2.19. The molecule has 6 nitrogen and oxygen atoms in total. The van der Waals surface area contributed by atoms with Gasteiger partial charge in [0.2, 0.25) is 11.8 Å². The van der Waals surface area contributed by atoms with Crippen LogP contribution in [0, 0.1) is 5.41 Å². The fourth-order valence-corrected chi connectivity index (χ4v) is 2.29. The smallest absolute Gasteiger partial charge is 0.330 e. The highest BCUT2D eigenvalue weighted by Gasteiger charge is 2.49. The Morgan fingerprint density at radius 3 is 2.50 bits per heavy atom. The zero-order chi connectivity index (χ0) is 13.6. The highest BCUT2D eigenvalue weighted by molar-refractivity contribution is 6.18. The minimum Gasteiger partial charge on any atom is -0.373 e. The summed E-state index contributed by atoms with van der Waals surface area (Å²) >= 11 is 0. The molecule has 1 unspecified atom stereocenters. The number of urea groups is 1. The first-order valence-corrected chi connectivity index (χ1v) is 6.08. The maximum absolute atomic E-state index is 12.2. The molecule has 2 fully saturated rings. The molecule has 2 saturated heterocycles. The second-order valence-corrected chi connectivity index (χ2v) is 5.68. The number of amides is 4. The van der Waals surface area contributed by atoms with Crippen molar-refractivity contribution < 1.29 is 19.1 Å². The van der Waals surface area contributed by atoms with Gasteiger partial charge >= 0.3 is 6.03 Å². The minimum absolute atomic E-state index is 0.189. The molecule has 0 radical (unpaired) electrons. The molecule has 0 bridgehead atoms. The van der Waals surface area contributed by atoms with Crippen LogP contribution in [0.25, 0.3) is 0 Å². The van der Waals surface area contributed by atoms with Crippen molar-refractivity contribution in [2.45, 2.75) is 39.2 Å². The molecular formula is C12H18N2O4. The number of hydrogen-bond acceptors (Lipinski definition) is 4. The zero-order valence-electron chi connectivity index (χ0n) is 10.9. The summed E-state index contributed by atoms with van der Waals surface area (Å²) in [5, 5.41) is 2.21. The van der Waals surface area contributed by atoms with Crippen LogP contribution in [-0.2, 0) is 14.3 Å². The maximum Gasteiger partial charge on any atom is 0.330 e. The molecular weight excluding hydrogens is 236 g/mol. The molecule has 2 heterocycles. The Kier molecular flexibility index (Phi) is 2.93. The number of nitrogens with one attached hydrogen (secondary N) is 1. The van der Waals surface area contributed by atoms with Gasteiger partial charge in [0.15, 0.2) is 0 Å². The van der Waals surface area contributed by atoms with Crippen molar-refractivity contribution in [1.29, 1.82) is 0 Å². The second kappa shape index (κ2) is 4.05. The van der Waals surface area contributed by atoms with Gasteiger partial charge in [0.05, 0.1) is 12.1 Å². The highest BCUT2D eigenvalue weighted by atomic mass is 16.5. The van der Waals surface area contributed by atoms with Crippen molar-refractivity contribution in [2.75, 3.05) is 13.2 Å². The second-order valence-electron chi connectivity index (χ2n) is 5.68. The molecule has 0 aromatic rings. The van der Waals surface area contributed by atoms with Gasteiger partial charge in [-0.1, -0.05) is 0 Å². The van der Waals surface area contributed by atoms with E-state index in [-0.39, 0.29) is 6.54 Å². The average Bonchev–Trinajstić information content (AvgIpc) is 2.70. The summed E-state index contributed by atoms with van der Waals surface area (Å²) < 4.78 is 5.58. The quantitative estimate of drug-likeness (QED) is 0.734. The van der Waals surface area contributed by atoms with Crippen molar-refractivity contribution in [3.63, 3.8) is 0 Å². The van der Waals surface area contributed by atoms with E-state index < -0.39 is 28.9 Å². The summed E-state index contributed by atoms with van der Waals surface area (Å²) in [5.74, 6) is -1.01. The molecule has 0 spiro atoms. The summed E-state index contributed by atoms with van der Waals surface area (Å²) in [7, 11) is 0. The number of nitrogens with zero attached hydrogens (tertiary/aromatic N) is 1. The summed E-state index contributed by atoms with van der Waals surface area (Å²) in [6.07, 6.45) is 1.72. The lowest BCUT2D eigenvalue weighted by molar-refractivity contribution is -0.151. The fraction of sp³-hybridized carbons (Fsp3) is 0.750. The lowest BCUT2D eigenvalue weighted by atomic mass is 9.88. The van der Waals surface area contributed by atoms with Crippen molar-refractivity contribution in [3.8, 4) is 0 Å². The van der Waals surface area contributed by atoms with Crippen molar-refractivity contribution >= 4 is 17.8 Å². The molecule has 6 heteroatoms. The van der Waals surface area contributed by atoms with Crippen molar-refractivity contribution in [2.24, 2.45) is 5.41 Å². The van der Waals surface area contributed by atoms with Crippen LogP contribution in [0.15, 0.2) is 0 Å². The topological polar surface area (TPSA) is 75.7 Å². The Morgan fingerprint density at radius 1 is 1.28 bits per heavy atom. The van der Waals surface area contributed by atoms with Gasteiger partial charge in [0, 0.05) is 6.61 Å². The summed E-state index contributed by atoms with van der Waals surface area (Å²) in [6.45, 7) is 5.74. The molecule has 2 aliphatic heterocycles. The standard InChI is InChI=1S/C12H18N2O4/c1-11(2)8(15)13-10(17)14(9(11)16)7-12(3)5-4-6-18-12/h4-7H2,1-3H3,(H,13,15,17). The Hall–Kier alpha value is -1.43. The van der Waals surface area contributed by atoms with Gasteiger partial charge in [-0.2, -0.15) is 0 Å². The number of carbonyl (C=O) groups excluding carboxylic acids is 3. The van der Waals surface area contributed by atoms with E-state index in [2.05, 4.69) is 5.32 Å². The van der Waals surface area contributed by atoms with Crippen LogP contribution in [0.1, 0.15) is 33.6 Å². The first-order chi connectivity index (χ1) is 8.26. The number of hydrogen-bond donors (Lipinski definition) is 1. The summed E-state index contributed by atoms with van der Waals surface area (Å²) in [5.41, 5.74) is -1.70. The molecule has 100 valence electrons. The first-order valence-electron chi connectivity index (χ1n) is 6.08. The average molecular weight is 254 g/mol. The van der Waals surface area contributed by atoms with Gasteiger partial charge in [-0.3, -0.25) is 19.8 Å². The predicted octanol–water partition coefficient (Wildman–Crippen LogP) is 0.660. The number of barbiturate groups is 1. The molecule has 0 aromatic carbocycles. The van der Waals surface area contributed by atoms with E-state index in [9.17, 15) is 14.4 Å². The van der Waals surface area contributed by atoms with Gasteiger partial charge in [0.25, 0.3) is 0 Å². The third-order valence-electron chi connectivity index (χ3n) is 3.61. The van der Waals surface area contributed by atoms with Gasteiger partial charge in [-0.25, -0.2) is 4.79 Å². The third-order valence-corrected chi connectivity index (χ3v) is 3.61. The normalized spacial score (nSPS) is 31.7. The van der Waals surface area contributed by atoms with Crippen LogP contribution < -0.4 is 5.32 Å². The van der Waals surface area contributed by atoms with Gasteiger partial charge < -0.3 is 4.74 Å². The van der Waals surface area contributed by atoms with Crippen LogP contribution in [0.4, 0.5) is 4.79 Å². The Labute approximate surface area is 106 Å². The number of ether oxygens (including phenoxy) is 1. The van der Waals surface area contributed by atoms with E-state index in [1.807, 2.05) is 6.92 Å². The van der Waals surface area contributed by atoms with Crippen molar-refractivity contribution in [3.05, 3.63) is 0 Å². The molecule has 18 heavy (non-hydrogen) atoms. The minimum atomic E-state index is -1.21. The molecule has 0 saturated carbocycles. The monoisotopic (exact) mass is 254 g/mol. The van der Waals surface area contributed by atoms with Crippen LogP contribution >= 0.6 is 0 Å². The Bertz CT molecular complexity index is 410. The van der Waals surface area contributed by atoms with E-state index >= 15 is 0 Å². The SMILES string of the molecule is CC1(CN2C(=O)NC(=O)C(C)(C)C2=O)CCCO1. The highest BCUT2D eigenvalue weighted by Crippen LogP contribution is 2.30. The van der Waals surface area contributed by atoms with Gasteiger partial charge in [-0.05, 0) is 33.6 Å². The van der Waals surface area contributed by atoms with E-state index in [0.29, 0.717) is 6.61 Å². The summed E-state index contributed by atoms with van der Waals surface area (Å²) in [6, 6.07) is -0.652. The molecule has 2 aliphatic rings. The third kappa shape index (κ3) is 2.01. The molecule has 0 aliphatic carbocycles. The maximum atomic E-state index is 12.2. The lowest BCUT2D eigenvalue weighted by Gasteiger charge is -2.38. The van der Waals surface area contributed by atoms with Crippen LogP contribution in [0.2, 0.25) is 0 Å². The first kappa shape index (κ1) is 13.0. The molecule has 4 amide bonds. The van der Waals surface area contributed by atoms with Gasteiger partial charge in [-0.15, -0.1) is 0 Å². The van der Waals surface area contributed by atoms with Crippen LogP contribution in [0.5, 0.6) is 0 Å². The largest absolute Gasteiger partial charge is 0.373 e. The number of carbonyl (C=O) groups is 3. The number of imide groups is 2. The molecule has 0 aromatic heterocycles. The zero-order valence-corrected chi connectivity index (χ0v) is 10.9. The number of rotatable bonds is 2. The van der Waals surface area contributed by atoms with Crippen LogP contribution in [-0.4, -0.2) is 41.5 Å². The Morgan fingerprint density at radius 2 is 1.94 bits per heavy atom. The van der Waals surface area contributed by atoms with E-state index in [0.717, 1.165) is 17.7 Å². The molecule has 1 atom stereocenters. The predicted molar refractivity (Wildman–Crippen MR) is 62.6 cm³/mol. The van der Waals surface area contributed by atoms with E-state index in [4.69, 9.17) is 4.74 Å². The van der Waals surface area contributed by atoms with E-state index in [1.54, 1.807) is 0 Å².